The van der Waals surface area contributed by atoms with Crippen LogP contribution in [0.2, 0.25) is 5.02 Å². The Balaban J connectivity index is 1.44. The number of hydrogen-bond acceptors (Lipinski definition) is 14. The smallest absolute Gasteiger partial charge is 0.311 e. The number of ether oxygens (including phenoxy) is 4. The third-order valence-corrected chi connectivity index (χ3v) is 13.2. The molecule has 0 aliphatic carbocycles. The number of aliphatic hydroxyl groups excluding tert-OH is 2. The first kappa shape index (κ1) is 51.9. The van der Waals surface area contributed by atoms with E-state index in [0.717, 1.165) is 16.6 Å². The molecular weight excluding hydrogens is 818 g/mol. The van der Waals surface area contributed by atoms with Crippen molar-refractivity contribution >= 4 is 40.1 Å². The molecule has 0 bridgehead atoms. The van der Waals surface area contributed by atoms with Crippen molar-refractivity contribution in [3.8, 4) is 0 Å². The van der Waals surface area contributed by atoms with Gasteiger partial charge in [0.25, 0.3) is 0 Å². The second-order valence-electron chi connectivity index (χ2n) is 18.7. The van der Waals surface area contributed by atoms with Crippen molar-refractivity contribution < 1.29 is 49.0 Å². The predicted octanol–water partition coefficient (Wildman–Crippen LogP) is 4.60. The number of halogens is 1. The number of carbonyl (C=O) groups excluding carboxylic acids is 2. The quantitative estimate of drug-likeness (QED) is 0.114. The maximum Gasteiger partial charge on any atom is 0.311 e. The van der Waals surface area contributed by atoms with Crippen molar-refractivity contribution in [1.82, 2.24) is 20.1 Å². The number of aliphatic hydroxyl groups is 4. The molecule has 4 rings (SSSR count). The summed E-state index contributed by atoms with van der Waals surface area (Å²) in [4.78, 5) is 34.8. The fourth-order valence-corrected chi connectivity index (χ4v) is 9.43. The molecular formula is C46H76ClN5O10. The molecule has 0 saturated carbocycles. The molecule has 0 spiro atoms. The van der Waals surface area contributed by atoms with Crippen LogP contribution in [0.5, 0.6) is 0 Å². The highest BCUT2D eigenvalue weighted by molar-refractivity contribution is 6.31. The van der Waals surface area contributed by atoms with Crippen LogP contribution in [0.3, 0.4) is 0 Å². The van der Waals surface area contributed by atoms with Crippen molar-refractivity contribution in [2.24, 2.45) is 17.8 Å². The lowest BCUT2D eigenvalue weighted by atomic mass is 9.78. The maximum absolute atomic E-state index is 13.6. The summed E-state index contributed by atoms with van der Waals surface area (Å²) in [6, 6.07) is 6.83. The highest BCUT2D eigenvalue weighted by Gasteiger charge is 2.50. The molecule has 2 aromatic rings. The van der Waals surface area contributed by atoms with E-state index in [-0.39, 0.29) is 36.8 Å². The van der Waals surface area contributed by atoms with Gasteiger partial charge in [0.05, 0.1) is 35.3 Å². The molecule has 3 heterocycles. The largest absolute Gasteiger partial charge is 0.459 e. The van der Waals surface area contributed by atoms with E-state index < -0.39 is 71.9 Å². The van der Waals surface area contributed by atoms with Crippen LogP contribution in [-0.2, 0) is 28.5 Å². The molecule has 14 atom stereocenters. The van der Waals surface area contributed by atoms with Crippen molar-refractivity contribution in [2.75, 3.05) is 52.7 Å². The number of fused-ring (bicyclic) bond motifs is 1. The molecule has 1 unspecified atom stereocenters. The molecule has 1 aromatic heterocycles. The van der Waals surface area contributed by atoms with E-state index in [1.54, 1.807) is 40.8 Å². The van der Waals surface area contributed by atoms with Gasteiger partial charge in [0.15, 0.2) is 6.29 Å². The Bertz CT molecular complexity index is 1740. The van der Waals surface area contributed by atoms with Gasteiger partial charge >= 0.3 is 5.97 Å². The Morgan fingerprint density at radius 2 is 1.79 bits per heavy atom. The number of nitrogens with zero attached hydrogens (tertiary/aromatic N) is 3. The second-order valence-corrected chi connectivity index (χ2v) is 19.2. The van der Waals surface area contributed by atoms with Crippen LogP contribution >= 0.6 is 11.6 Å². The number of hydrogen-bond donors (Lipinski definition) is 6. The normalized spacial score (nSPS) is 35.9. The molecule has 1 amide bonds. The third kappa shape index (κ3) is 13.4. The zero-order chi connectivity index (χ0) is 46.1. The molecule has 16 heteroatoms. The number of pyridine rings is 1. The Hall–Kier alpha value is -2.70. The number of likely N-dealkylation sites (N-methyl/N-ethyl adjacent to an activating group) is 2. The molecule has 2 aliphatic heterocycles. The highest BCUT2D eigenvalue weighted by Crippen LogP contribution is 2.37. The minimum Gasteiger partial charge on any atom is -0.459 e. The summed E-state index contributed by atoms with van der Waals surface area (Å²) in [5.74, 6) is -2.80. The van der Waals surface area contributed by atoms with Crippen LogP contribution in [0.15, 0.2) is 30.5 Å². The van der Waals surface area contributed by atoms with E-state index in [4.69, 9.17) is 30.5 Å². The second kappa shape index (κ2) is 23.0. The number of esters is 1. The number of amides is 1. The van der Waals surface area contributed by atoms with Gasteiger partial charge in [-0.3, -0.25) is 14.6 Å². The summed E-state index contributed by atoms with van der Waals surface area (Å²) in [6.07, 6.45) is -2.06. The SMILES string of the molecule is CC[C@H]1OC(=O)[C@H](C)[C@@H](O)C(C)[C@@H](O[C@@H]2O[C@H](C)C[C@H](N(C)C)[C@H]2OCCCNC(=O)CCCNc2ccnc3cc(Cl)ccc23)[C@](C)(O)C[C@@H](C)CN(C)[C@H](C)[C@@H](O)[C@]1(C)O. The van der Waals surface area contributed by atoms with E-state index in [0.29, 0.717) is 56.9 Å². The number of anilines is 1. The number of aromatic nitrogens is 1. The molecule has 352 valence electrons. The third-order valence-electron chi connectivity index (χ3n) is 13.0. The van der Waals surface area contributed by atoms with Crippen molar-refractivity contribution in [2.45, 2.75) is 160 Å². The first-order valence-corrected chi connectivity index (χ1v) is 22.8. The van der Waals surface area contributed by atoms with E-state index >= 15 is 0 Å². The van der Waals surface area contributed by atoms with Gasteiger partial charge in [-0.25, -0.2) is 0 Å². The Morgan fingerprint density at radius 3 is 2.47 bits per heavy atom. The van der Waals surface area contributed by atoms with Gasteiger partial charge < -0.3 is 59.8 Å². The standard InChI is InChI=1S/C46H76ClN5O10/c1-12-37-46(8,58)41(55)31(6)52(11)26-27(2)25-45(7,57)42(29(4)39(54)30(5)43(56)61-37)62-44-40(36(51(9)10)23-28(3)60-44)59-22-14-20-50-38(53)15-13-19-48-34-18-21-49-35-24-32(47)16-17-33(34)35/h16-18,21,24,27-31,36-37,39-42,44,54-55,57-58H,12-15,19-20,22-23,25-26H2,1-11H3,(H,48,49)(H,50,53)/t27-,28-,29?,30-,31-,36+,37-,39+,40-,41-,42-,44+,45-,46-/m1/s1. The predicted molar refractivity (Wildman–Crippen MR) is 241 cm³/mol. The first-order chi connectivity index (χ1) is 29.1. The van der Waals surface area contributed by atoms with Crippen molar-refractivity contribution in [1.29, 1.82) is 0 Å². The monoisotopic (exact) mass is 894 g/mol. The topological polar surface area (TPSA) is 195 Å². The Morgan fingerprint density at radius 1 is 1.08 bits per heavy atom. The van der Waals surface area contributed by atoms with Crippen LogP contribution in [0, 0.1) is 17.8 Å². The van der Waals surface area contributed by atoms with Gasteiger partial charge in [0.1, 0.15) is 23.9 Å². The van der Waals surface area contributed by atoms with Gasteiger partial charge in [-0.15, -0.1) is 0 Å². The molecule has 2 fully saturated rings. The van der Waals surface area contributed by atoms with Crippen molar-refractivity contribution in [3.05, 3.63) is 35.5 Å². The van der Waals surface area contributed by atoms with Crippen LogP contribution in [-0.4, -0.2) is 161 Å². The van der Waals surface area contributed by atoms with Gasteiger partial charge in [0, 0.05) is 73.0 Å². The summed E-state index contributed by atoms with van der Waals surface area (Å²) < 4.78 is 25.7. The summed E-state index contributed by atoms with van der Waals surface area (Å²) in [5, 5.41) is 55.1. The molecule has 15 nitrogen and oxygen atoms in total. The minimum absolute atomic E-state index is 0.0561. The Kier molecular flexibility index (Phi) is 19.2. The average molecular weight is 895 g/mol. The number of nitrogens with one attached hydrogen (secondary N) is 2. The fourth-order valence-electron chi connectivity index (χ4n) is 9.26. The lowest BCUT2D eigenvalue weighted by Crippen LogP contribution is -2.60. The van der Waals surface area contributed by atoms with Gasteiger partial charge in [-0.05, 0) is 118 Å². The van der Waals surface area contributed by atoms with E-state index in [2.05, 4.69) is 20.5 Å². The zero-order valence-electron chi connectivity index (χ0n) is 38.8. The number of rotatable bonds is 14. The summed E-state index contributed by atoms with van der Waals surface area (Å²) in [7, 11) is 5.78. The van der Waals surface area contributed by atoms with Crippen LogP contribution < -0.4 is 10.6 Å². The molecule has 2 saturated heterocycles. The Labute approximate surface area is 374 Å². The molecule has 62 heavy (non-hydrogen) atoms. The molecule has 2 aliphatic rings. The summed E-state index contributed by atoms with van der Waals surface area (Å²) >= 11 is 6.12. The molecule has 0 radical (unpaired) electrons. The van der Waals surface area contributed by atoms with E-state index in [1.165, 1.54) is 6.92 Å². The lowest BCUT2D eigenvalue weighted by Gasteiger charge is -2.48. The van der Waals surface area contributed by atoms with Crippen LogP contribution in [0.4, 0.5) is 5.69 Å². The van der Waals surface area contributed by atoms with E-state index in [9.17, 15) is 30.0 Å². The van der Waals surface area contributed by atoms with Gasteiger partial charge in [-0.1, -0.05) is 32.4 Å². The number of carbonyl (C=O) groups is 2. The molecule has 1 aromatic carbocycles. The van der Waals surface area contributed by atoms with E-state index in [1.807, 2.05) is 64.2 Å². The molecule has 6 N–H and O–H groups in total. The lowest BCUT2D eigenvalue weighted by molar-refractivity contribution is -0.306. The van der Waals surface area contributed by atoms with Crippen LogP contribution in [0.1, 0.15) is 93.9 Å². The summed E-state index contributed by atoms with van der Waals surface area (Å²) in [5.41, 5.74) is -1.58. The van der Waals surface area contributed by atoms with Gasteiger partial charge in [0.2, 0.25) is 5.91 Å². The highest BCUT2D eigenvalue weighted by atomic mass is 35.5. The zero-order valence-corrected chi connectivity index (χ0v) is 39.6. The summed E-state index contributed by atoms with van der Waals surface area (Å²) in [6.45, 7) is 15.7. The maximum atomic E-state index is 13.6. The van der Waals surface area contributed by atoms with Crippen LogP contribution in [0.25, 0.3) is 10.9 Å². The average Bonchev–Trinajstić information content (AvgIpc) is 3.21. The number of cyclic esters (lactones) is 1. The number of benzene rings is 1. The first-order valence-electron chi connectivity index (χ1n) is 22.4. The van der Waals surface area contributed by atoms with Gasteiger partial charge in [-0.2, -0.15) is 0 Å². The fraction of sp³-hybridized carbons (Fsp3) is 0.761. The minimum atomic E-state index is -1.78. The van der Waals surface area contributed by atoms with Crippen molar-refractivity contribution in [3.63, 3.8) is 0 Å².